The molecule has 0 saturated heterocycles. The van der Waals surface area contributed by atoms with Gasteiger partial charge in [-0.1, -0.05) is 24.3 Å². The molecule has 0 unspecified atom stereocenters. The molecule has 0 amide bonds. The standard InChI is InChI=1S/C27H26N2O5.C25H22N2O5.Li.H2O/c1-3-32-26(31)14-21-5-4-19(17(2)30)13-25(21)34-16-18-10-22-7-9-33-27(22)24(11-18)20-6-8-29-23(12-20)15-28;1-15(28)17-2-3-19(12-24(29)30)23(11-17)32-14-16-8-20-5-7-31-25(20)22(9-16)18-4-6-27-21(10-18)13-26;;/h4-13H,3,14-16,28H2,1-2H3;2-11H,12-14,26H2,1H3,(H,29,30);;1H2/q;;+1;/p-1. The van der Waals surface area contributed by atoms with Crippen LogP contribution in [0.1, 0.15) is 75.1 Å². The van der Waals surface area contributed by atoms with Crippen molar-refractivity contribution in [2.45, 2.75) is 59.9 Å². The molecule has 4 aromatic carbocycles. The van der Waals surface area contributed by atoms with Crippen molar-refractivity contribution in [2.75, 3.05) is 6.61 Å². The number of ether oxygens (including phenoxy) is 3. The summed E-state index contributed by atoms with van der Waals surface area (Å²) in [6.07, 6.45) is 6.58. The molecule has 4 aromatic heterocycles. The predicted molar refractivity (Wildman–Crippen MR) is 250 cm³/mol. The normalized spacial score (nSPS) is 10.6. The molecule has 0 atom stereocenters. The van der Waals surface area contributed by atoms with E-state index >= 15 is 0 Å². The summed E-state index contributed by atoms with van der Waals surface area (Å²) in [5, 5.41) is 11.1. The van der Waals surface area contributed by atoms with Crippen LogP contribution in [0, 0.1) is 0 Å². The average molecular weight is 913 g/mol. The van der Waals surface area contributed by atoms with Crippen molar-refractivity contribution in [2.24, 2.45) is 11.5 Å². The van der Waals surface area contributed by atoms with Gasteiger partial charge < -0.3 is 45.1 Å². The summed E-state index contributed by atoms with van der Waals surface area (Å²) in [7, 11) is 0. The van der Waals surface area contributed by atoms with E-state index in [1.165, 1.54) is 13.8 Å². The Labute approximate surface area is 403 Å². The van der Waals surface area contributed by atoms with E-state index in [9.17, 15) is 24.3 Å². The zero-order valence-corrected chi connectivity index (χ0v) is 38.1. The van der Waals surface area contributed by atoms with E-state index in [-0.39, 0.29) is 67.9 Å². The summed E-state index contributed by atoms with van der Waals surface area (Å²) in [6.45, 7) is 6.11. The number of fused-ring (bicyclic) bond motifs is 2. The van der Waals surface area contributed by atoms with Crippen molar-refractivity contribution in [1.82, 2.24) is 9.97 Å². The molecule has 0 aliphatic carbocycles. The van der Waals surface area contributed by atoms with Crippen LogP contribution in [0.4, 0.5) is 0 Å². The number of furan rings is 2. The molecule has 0 radical (unpaired) electrons. The first kappa shape index (κ1) is 51.6. The van der Waals surface area contributed by atoms with Gasteiger partial charge in [0, 0.05) is 69.6 Å². The molecule has 8 aromatic rings. The molecule has 0 aliphatic rings. The molecule has 8 rings (SSSR count). The number of aliphatic carboxylic acids is 1. The Morgan fingerprint density at radius 2 is 1.07 bits per heavy atom. The summed E-state index contributed by atoms with van der Waals surface area (Å²) < 4.78 is 28.7. The number of hydrogen-bond donors (Lipinski definition) is 3. The average Bonchev–Trinajstić information content (AvgIpc) is 4.01. The van der Waals surface area contributed by atoms with Crippen LogP contribution in [0.5, 0.6) is 11.5 Å². The molecular weight excluding hydrogens is 864 g/mol. The van der Waals surface area contributed by atoms with Crippen LogP contribution in [0.15, 0.2) is 131 Å². The Morgan fingerprint density at radius 1 is 0.618 bits per heavy atom. The third kappa shape index (κ3) is 12.7. The number of nitrogens with two attached hydrogens (primary N) is 2. The van der Waals surface area contributed by atoms with Crippen molar-refractivity contribution in [3.63, 3.8) is 0 Å². The Kier molecular flexibility index (Phi) is 18.1. The number of benzene rings is 4. The third-order valence-electron chi connectivity index (χ3n) is 10.6. The smallest absolute Gasteiger partial charge is 0.870 e. The molecule has 15 nitrogen and oxygen atoms in total. The maximum atomic E-state index is 12.1. The molecule has 68 heavy (non-hydrogen) atoms. The van der Waals surface area contributed by atoms with Crippen LogP contribution >= 0.6 is 0 Å². The van der Waals surface area contributed by atoms with Gasteiger partial charge in [0.25, 0.3) is 0 Å². The number of rotatable bonds is 17. The largest absolute Gasteiger partial charge is 1.00 e. The first-order chi connectivity index (χ1) is 31.9. The van der Waals surface area contributed by atoms with E-state index in [2.05, 4.69) is 9.97 Å². The van der Waals surface area contributed by atoms with Crippen molar-refractivity contribution in [3.8, 4) is 33.8 Å². The molecule has 0 fully saturated rings. The quantitative estimate of drug-likeness (QED) is 0.0536. The zero-order chi connectivity index (χ0) is 46.7. The summed E-state index contributed by atoms with van der Waals surface area (Å²) in [5.74, 6) is -0.665. The van der Waals surface area contributed by atoms with Gasteiger partial charge in [0.05, 0.1) is 43.4 Å². The van der Waals surface area contributed by atoms with Gasteiger partial charge in [-0.15, -0.1) is 0 Å². The minimum atomic E-state index is -0.971. The molecule has 0 aliphatic heterocycles. The molecule has 0 saturated carbocycles. The van der Waals surface area contributed by atoms with E-state index < -0.39 is 5.97 Å². The van der Waals surface area contributed by atoms with E-state index in [4.69, 9.17) is 34.5 Å². The second-order valence-electron chi connectivity index (χ2n) is 15.3. The fourth-order valence-corrected chi connectivity index (χ4v) is 7.36. The SMILES string of the molecule is CC(=O)c1ccc(CC(=O)O)c(OCc2cc(-c3ccnc(CN)c3)c3occc3c2)c1.CCOC(=O)Cc1ccc(C(C)=O)cc1OCc1cc(-c2ccnc(CN)c2)c2occc2c1.[Li+].[OH-]. The van der Waals surface area contributed by atoms with Crippen LogP contribution < -0.4 is 39.8 Å². The van der Waals surface area contributed by atoms with Crippen LogP contribution in [-0.2, 0) is 53.5 Å². The summed E-state index contributed by atoms with van der Waals surface area (Å²) >= 11 is 0. The Bertz CT molecular complexity index is 3070. The van der Waals surface area contributed by atoms with Gasteiger partial charge in [-0.25, -0.2) is 0 Å². The number of pyridine rings is 2. The molecule has 0 spiro atoms. The fourth-order valence-electron chi connectivity index (χ4n) is 7.36. The Morgan fingerprint density at radius 3 is 1.49 bits per heavy atom. The van der Waals surface area contributed by atoms with Crippen molar-refractivity contribution >= 4 is 45.4 Å². The third-order valence-corrected chi connectivity index (χ3v) is 10.6. The minimum absolute atomic E-state index is 0. The number of carboxylic acids is 1. The summed E-state index contributed by atoms with van der Waals surface area (Å²) in [4.78, 5) is 55.5. The number of aromatic nitrogens is 2. The second-order valence-corrected chi connectivity index (χ2v) is 15.3. The van der Waals surface area contributed by atoms with Crippen molar-refractivity contribution < 1.29 is 71.7 Å². The van der Waals surface area contributed by atoms with Gasteiger partial charge in [0.1, 0.15) is 35.9 Å². The molecule has 6 N–H and O–H groups in total. The van der Waals surface area contributed by atoms with Crippen molar-refractivity contribution in [1.29, 1.82) is 0 Å². The predicted octanol–water partition coefficient (Wildman–Crippen LogP) is 6.03. The number of carbonyl (C=O) groups excluding carboxylic acids is 3. The summed E-state index contributed by atoms with van der Waals surface area (Å²) in [6, 6.07) is 29.3. The fraction of sp³-hybridized carbons (Fsp3) is 0.192. The monoisotopic (exact) mass is 912 g/mol. The number of carbonyl (C=O) groups is 4. The second kappa shape index (κ2) is 23.9. The van der Waals surface area contributed by atoms with Crippen LogP contribution in [-0.4, -0.2) is 50.7 Å². The van der Waals surface area contributed by atoms with Gasteiger partial charge >= 0.3 is 30.8 Å². The van der Waals surface area contributed by atoms with E-state index in [1.54, 1.807) is 68.2 Å². The van der Waals surface area contributed by atoms with E-state index in [0.29, 0.717) is 53.4 Å². The van der Waals surface area contributed by atoms with Gasteiger partial charge in [-0.05, 0) is 116 Å². The minimum Gasteiger partial charge on any atom is -0.870 e. The topological polar surface area (TPSA) is 250 Å². The number of carboxylic acid groups (broad SMARTS) is 1. The Balaban J connectivity index is 0.000000247. The first-order valence-electron chi connectivity index (χ1n) is 21.1. The molecule has 4 heterocycles. The molecular formula is C52H49LiN4O11. The van der Waals surface area contributed by atoms with Gasteiger partial charge in [0.15, 0.2) is 11.6 Å². The zero-order valence-electron chi connectivity index (χ0n) is 38.1. The number of hydrogen-bond acceptors (Lipinski definition) is 14. The van der Waals surface area contributed by atoms with Crippen molar-refractivity contribution in [3.05, 3.63) is 167 Å². The van der Waals surface area contributed by atoms with Gasteiger partial charge in [-0.2, -0.15) is 0 Å². The first-order valence-corrected chi connectivity index (χ1v) is 21.1. The van der Waals surface area contributed by atoms with Gasteiger partial charge in [-0.3, -0.25) is 29.1 Å². The van der Waals surface area contributed by atoms with Crippen LogP contribution in [0.25, 0.3) is 44.2 Å². The summed E-state index contributed by atoms with van der Waals surface area (Å²) in [5.41, 5.74) is 22.1. The number of ketones is 2. The molecule has 0 bridgehead atoms. The van der Waals surface area contributed by atoms with E-state index in [0.717, 1.165) is 66.7 Å². The Hall–Kier alpha value is -7.38. The maximum Gasteiger partial charge on any atom is 1.00 e. The molecule has 344 valence electrons. The number of nitrogens with zero attached hydrogens (tertiary/aromatic N) is 2. The number of esters is 1. The van der Waals surface area contributed by atoms with Crippen LogP contribution in [0.2, 0.25) is 0 Å². The van der Waals surface area contributed by atoms with Gasteiger partial charge in [0.2, 0.25) is 0 Å². The van der Waals surface area contributed by atoms with E-state index in [1.807, 2.05) is 60.7 Å². The molecule has 16 heteroatoms. The maximum absolute atomic E-state index is 12.1. The van der Waals surface area contributed by atoms with Crippen LogP contribution in [0.3, 0.4) is 0 Å². The number of Topliss-reactive ketones (excluding diaryl/α,β-unsaturated/α-hetero) is 2.